The number of carboxylic acid groups (broad SMARTS) is 1. The van der Waals surface area contributed by atoms with Crippen molar-refractivity contribution in [3.05, 3.63) is 83.4 Å². The summed E-state index contributed by atoms with van der Waals surface area (Å²) in [4.78, 5) is 29.6. The molecular formula is C40H51F3N4O5. The van der Waals surface area contributed by atoms with Gasteiger partial charge in [0.1, 0.15) is 0 Å². The summed E-state index contributed by atoms with van der Waals surface area (Å²) in [6.07, 6.45) is 2.93. The zero-order valence-electron chi connectivity index (χ0n) is 30.0. The Hall–Kier alpha value is -4.13. The number of amides is 1. The molecule has 0 bridgehead atoms. The number of halogens is 3. The Kier molecular flexibility index (Phi) is 14.4. The molecule has 3 aliphatic rings. The molecule has 12 heteroatoms. The molecule has 3 aromatic rings. The van der Waals surface area contributed by atoms with Crippen molar-refractivity contribution in [1.82, 2.24) is 20.0 Å². The topological polar surface area (TPSA) is 94.6 Å². The number of hydrogen-bond acceptors (Lipinski definition) is 7. The van der Waals surface area contributed by atoms with Crippen molar-refractivity contribution in [2.45, 2.75) is 70.8 Å². The summed E-state index contributed by atoms with van der Waals surface area (Å²) in [5.74, 6) is -0.0619. The average molecular weight is 725 g/mol. The predicted molar refractivity (Wildman–Crippen MR) is 194 cm³/mol. The SMILES string of the molecule is CN1CCN(CCCN(Cc2cccc(-c3cccc(CNCc4ccc5c(c4)OCO5)c3)c2)C(=O)CCC2CCCC2)CC1.O=C(O)C(F)(F)F. The second kappa shape index (κ2) is 19.1. The molecule has 1 saturated heterocycles. The number of ether oxygens (including phenoxy) is 2. The molecule has 0 radical (unpaired) electrons. The van der Waals surface area contributed by atoms with Gasteiger partial charge in [0, 0.05) is 58.8 Å². The van der Waals surface area contributed by atoms with Gasteiger partial charge in [0.15, 0.2) is 11.5 Å². The number of nitrogens with zero attached hydrogens (tertiary/aromatic N) is 3. The lowest BCUT2D eigenvalue weighted by atomic mass is 10.00. The molecule has 3 aromatic carbocycles. The van der Waals surface area contributed by atoms with Crippen molar-refractivity contribution >= 4 is 11.9 Å². The fourth-order valence-corrected chi connectivity index (χ4v) is 6.97. The Morgan fingerprint density at radius 2 is 1.48 bits per heavy atom. The van der Waals surface area contributed by atoms with Crippen LogP contribution in [0.5, 0.6) is 11.5 Å². The third-order valence-corrected chi connectivity index (χ3v) is 9.99. The second-order valence-electron chi connectivity index (χ2n) is 14.0. The first-order valence-electron chi connectivity index (χ1n) is 18.3. The summed E-state index contributed by atoms with van der Waals surface area (Å²) in [5, 5.41) is 10.7. The van der Waals surface area contributed by atoms with Crippen LogP contribution >= 0.6 is 0 Å². The minimum absolute atomic E-state index is 0.297. The van der Waals surface area contributed by atoms with Gasteiger partial charge < -0.3 is 34.6 Å². The van der Waals surface area contributed by atoms with Crippen molar-refractivity contribution in [3.8, 4) is 22.6 Å². The molecular weight excluding hydrogens is 673 g/mol. The number of aliphatic carboxylic acids is 1. The zero-order valence-corrected chi connectivity index (χ0v) is 30.0. The molecule has 0 spiro atoms. The predicted octanol–water partition coefficient (Wildman–Crippen LogP) is 6.94. The molecule has 9 nitrogen and oxygen atoms in total. The van der Waals surface area contributed by atoms with Crippen LogP contribution in [-0.2, 0) is 29.2 Å². The van der Waals surface area contributed by atoms with Crippen molar-refractivity contribution in [2.75, 3.05) is 53.1 Å². The normalized spacial score (nSPS) is 16.4. The number of nitrogens with one attached hydrogen (secondary N) is 1. The number of rotatable bonds is 14. The van der Waals surface area contributed by atoms with E-state index in [1.54, 1.807) is 0 Å². The minimum Gasteiger partial charge on any atom is -0.475 e. The van der Waals surface area contributed by atoms with Gasteiger partial charge in [-0.05, 0) is 84.4 Å². The number of hydrogen-bond donors (Lipinski definition) is 2. The maximum absolute atomic E-state index is 13.6. The number of carboxylic acids is 1. The number of carbonyl (C=O) groups is 2. The van der Waals surface area contributed by atoms with E-state index >= 15 is 0 Å². The Labute approximate surface area is 304 Å². The number of benzene rings is 3. The lowest BCUT2D eigenvalue weighted by Gasteiger charge is -2.33. The van der Waals surface area contributed by atoms with E-state index in [0.29, 0.717) is 25.7 Å². The van der Waals surface area contributed by atoms with E-state index in [1.165, 1.54) is 53.5 Å². The lowest BCUT2D eigenvalue weighted by molar-refractivity contribution is -0.192. The Morgan fingerprint density at radius 1 is 0.865 bits per heavy atom. The number of alkyl halides is 3. The average Bonchev–Trinajstić information content (AvgIpc) is 3.84. The van der Waals surface area contributed by atoms with Gasteiger partial charge >= 0.3 is 12.1 Å². The molecule has 2 heterocycles. The Balaban J connectivity index is 0.000000679. The van der Waals surface area contributed by atoms with E-state index in [1.807, 2.05) is 12.1 Å². The third-order valence-electron chi connectivity index (χ3n) is 9.99. The van der Waals surface area contributed by atoms with Crippen LogP contribution in [0, 0.1) is 5.92 Å². The second-order valence-corrected chi connectivity index (χ2v) is 14.0. The van der Waals surface area contributed by atoms with Gasteiger partial charge in [-0.3, -0.25) is 4.79 Å². The van der Waals surface area contributed by atoms with Gasteiger partial charge in [0.25, 0.3) is 0 Å². The van der Waals surface area contributed by atoms with E-state index in [-0.39, 0.29) is 0 Å². The van der Waals surface area contributed by atoms with Crippen LogP contribution in [0.15, 0.2) is 66.7 Å². The van der Waals surface area contributed by atoms with Crippen molar-refractivity contribution in [2.24, 2.45) is 5.92 Å². The number of likely N-dealkylation sites (N-methyl/N-ethyl adjacent to an activating group) is 1. The highest BCUT2D eigenvalue weighted by atomic mass is 19.4. The molecule has 52 heavy (non-hydrogen) atoms. The summed E-state index contributed by atoms with van der Waals surface area (Å²) < 4.78 is 42.7. The van der Waals surface area contributed by atoms with Gasteiger partial charge in [-0.2, -0.15) is 13.2 Å². The molecule has 1 saturated carbocycles. The van der Waals surface area contributed by atoms with Crippen LogP contribution in [0.1, 0.15) is 61.6 Å². The van der Waals surface area contributed by atoms with E-state index < -0.39 is 12.1 Å². The first kappa shape index (κ1) is 39.1. The first-order chi connectivity index (χ1) is 25.0. The molecule has 2 fully saturated rings. The summed E-state index contributed by atoms with van der Waals surface area (Å²) in [7, 11) is 2.20. The van der Waals surface area contributed by atoms with Gasteiger partial charge in [-0.1, -0.05) is 68.1 Å². The molecule has 6 rings (SSSR count). The fourth-order valence-electron chi connectivity index (χ4n) is 6.97. The van der Waals surface area contributed by atoms with E-state index in [9.17, 15) is 18.0 Å². The summed E-state index contributed by atoms with van der Waals surface area (Å²) in [5.41, 5.74) is 6.02. The van der Waals surface area contributed by atoms with Crippen LogP contribution in [0.3, 0.4) is 0 Å². The van der Waals surface area contributed by atoms with Crippen LogP contribution in [0.2, 0.25) is 0 Å². The van der Waals surface area contributed by atoms with E-state index in [2.05, 4.69) is 81.7 Å². The Morgan fingerprint density at radius 3 is 2.15 bits per heavy atom. The Bertz CT molecular complexity index is 1610. The van der Waals surface area contributed by atoms with E-state index in [0.717, 1.165) is 82.6 Å². The number of piperazine rings is 1. The summed E-state index contributed by atoms with van der Waals surface area (Å²) in [6.45, 7) is 8.92. The van der Waals surface area contributed by atoms with Crippen molar-refractivity contribution < 1.29 is 37.3 Å². The smallest absolute Gasteiger partial charge is 0.475 e. The molecule has 282 valence electrons. The van der Waals surface area contributed by atoms with Gasteiger partial charge in [0.2, 0.25) is 12.7 Å². The van der Waals surface area contributed by atoms with Gasteiger partial charge in [0.05, 0.1) is 0 Å². The monoisotopic (exact) mass is 724 g/mol. The van der Waals surface area contributed by atoms with Crippen LogP contribution < -0.4 is 14.8 Å². The number of carbonyl (C=O) groups excluding carboxylic acids is 1. The highest BCUT2D eigenvalue weighted by molar-refractivity contribution is 5.76. The quantitative estimate of drug-likeness (QED) is 0.185. The molecule has 1 amide bonds. The van der Waals surface area contributed by atoms with E-state index in [4.69, 9.17) is 19.4 Å². The first-order valence-corrected chi connectivity index (χ1v) is 18.3. The van der Waals surface area contributed by atoms with Crippen molar-refractivity contribution in [3.63, 3.8) is 0 Å². The highest BCUT2D eigenvalue weighted by Crippen LogP contribution is 2.32. The van der Waals surface area contributed by atoms with Gasteiger partial charge in [-0.25, -0.2) is 4.79 Å². The lowest BCUT2D eigenvalue weighted by Crippen LogP contribution is -2.45. The van der Waals surface area contributed by atoms with Crippen LogP contribution in [0.4, 0.5) is 13.2 Å². The summed E-state index contributed by atoms with van der Waals surface area (Å²) >= 11 is 0. The van der Waals surface area contributed by atoms with Crippen LogP contribution in [-0.4, -0.2) is 91.0 Å². The third kappa shape index (κ3) is 12.2. The molecule has 2 aliphatic heterocycles. The standard InChI is InChI=1S/C38H50N4O3.C2HF3O2/c1-40-19-21-41(22-20-40)17-6-18-42(38(43)16-14-30-7-2-3-8-30)28-33-10-5-12-35(24-33)34-11-4-9-31(23-34)26-39-27-32-13-15-36-37(25-32)45-29-44-36;3-2(4,5)1(6)7/h4-5,9-13,15,23-25,30,39H,2-3,6-8,14,16-22,26-29H2,1H3;(H,6,7). The largest absolute Gasteiger partial charge is 0.490 e. The molecule has 2 N–H and O–H groups in total. The number of fused-ring (bicyclic) bond motifs is 1. The molecule has 0 unspecified atom stereocenters. The highest BCUT2D eigenvalue weighted by Gasteiger charge is 2.38. The maximum Gasteiger partial charge on any atom is 0.490 e. The fraction of sp³-hybridized carbons (Fsp3) is 0.500. The minimum atomic E-state index is -5.08. The molecule has 1 aliphatic carbocycles. The zero-order chi connectivity index (χ0) is 36.9. The molecule has 0 atom stereocenters. The van der Waals surface area contributed by atoms with Gasteiger partial charge in [-0.15, -0.1) is 0 Å². The molecule has 0 aromatic heterocycles. The maximum atomic E-state index is 13.6. The van der Waals surface area contributed by atoms with Crippen LogP contribution in [0.25, 0.3) is 11.1 Å². The summed E-state index contributed by atoms with van der Waals surface area (Å²) in [6, 6.07) is 23.6. The van der Waals surface area contributed by atoms with Crippen molar-refractivity contribution in [1.29, 1.82) is 0 Å².